The van der Waals surface area contributed by atoms with E-state index < -0.39 is 5.97 Å². The molecule has 1 aromatic carbocycles. The first-order valence-electron chi connectivity index (χ1n) is 11.8. The van der Waals surface area contributed by atoms with Crippen LogP contribution in [0.1, 0.15) is 39.6 Å². The highest BCUT2D eigenvalue weighted by Gasteiger charge is 2.22. The summed E-state index contributed by atoms with van der Waals surface area (Å²) >= 11 is 0. The number of piperidine rings is 1. The number of hydrogen-bond donors (Lipinski definition) is 3. The third kappa shape index (κ3) is 4.94. The van der Waals surface area contributed by atoms with Gasteiger partial charge in [-0.2, -0.15) is 5.10 Å². The minimum atomic E-state index is -1.06. The number of ether oxygens (including phenoxy) is 1. The molecular weight excluding hydrogens is 462 g/mol. The molecule has 3 N–H and O–H groups in total. The molecule has 186 valence electrons. The lowest BCUT2D eigenvalue weighted by molar-refractivity contribution is 0.0656. The predicted molar refractivity (Wildman–Crippen MR) is 132 cm³/mol. The second-order valence-electron chi connectivity index (χ2n) is 8.91. The number of furan rings is 1. The molecule has 0 unspecified atom stereocenters. The number of nitrogens with zero attached hydrogens (tertiary/aromatic N) is 3. The molecule has 0 atom stereocenters. The number of pyridine rings is 1. The van der Waals surface area contributed by atoms with Crippen molar-refractivity contribution in [3.63, 3.8) is 0 Å². The van der Waals surface area contributed by atoms with Crippen molar-refractivity contribution in [1.82, 2.24) is 25.4 Å². The Labute approximate surface area is 207 Å². The van der Waals surface area contributed by atoms with E-state index in [4.69, 9.17) is 14.3 Å². The number of nitrogens with one attached hydrogen (secondary N) is 2. The van der Waals surface area contributed by atoms with Crippen LogP contribution < -0.4 is 10.1 Å². The molecular formula is C26H27N5O5. The molecule has 0 saturated carbocycles. The van der Waals surface area contributed by atoms with Crippen molar-refractivity contribution >= 4 is 22.8 Å². The first-order chi connectivity index (χ1) is 17.5. The highest BCUT2D eigenvalue weighted by molar-refractivity contribution is 6.05. The van der Waals surface area contributed by atoms with Gasteiger partial charge in [-0.3, -0.25) is 19.8 Å². The number of H-pyrrole nitrogens is 1. The highest BCUT2D eigenvalue weighted by Crippen LogP contribution is 2.31. The maximum absolute atomic E-state index is 13.0. The zero-order chi connectivity index (χ0) is 25.1. The number of carbonyl (C=O) groups is 2. The second-order valence-corrected chi connectivity index (χ2v) is 8.91. The Bertz CT molecular complexity index is 1390. The van der Waals surface area contributed by atoms with Gasteiger partial charge in [0.05, 0.1) is 19.2 Å². The lowest BCUT2D eigenvalue weighted by Gasteiger charge is -2.31. The number of carboxylic acid groups (broad SMARTS) is 1. The molecule has 1 amide bonds. The lowest BCUT2D eigenvalue weighted by Crippen LogP contribution is -2.38. The van der Waals surface area contributed by atoms with Crippen LogP contribution in [0.25, 0.3) is 22.0 Å². The van der Waals surface area contributed by atoms with E-state index in [1.54, 1.807) is 31.6 Å². The van der Waals surface area contributed by atoms with Crippen LogP contribution >= 0.6 is 0 Å². The summed E-state index contributed by atoms with van der Waals surface area (Å²) in [6.07, 6.45) is 5.27. The van der Waals surface area contributed by atoms with E-state index in [1.165, 1.54) is 6.07 Å². The van der Waals surface area contributed by atoms with Crippen molar-refractivity contribution in [3.8, 4) is 16.9 Å². The van der Waals surface area contributed by atoms with Crippen LogP contribution in [0.5, 0.6) is 5.75 Å². The fourth-order valence-corrected chi connectivity index (χ4v) is 4.60. The largest absolute Gasteiger partial charge is 0.496 e. The van der Waals surface area contributed by atoms with Crippen LogP contribution in [0.15, 0.2) is 53.2 Å². The number of benzene rings is 1. The summed E-state index contributed by atoms with van der Waals surface area (Å²) in [7, 11) is 1.62. The molecule has 5 rings (SSSR count). The van der Waals surface area contributed by atoms with Gasteiger partial charge in [0.2, 0.25) is 5.76 Å². The SMILES string of the molecule is COc1ccncc1-c1ccc2[nH]nc(C(=O)NCC3CCN(Cc4ccc(C(=O)O)o4)CC3)c2c1. The van der Waals surface area contributed by atoms with Gasteiger partial charge < -0.3 is 19.6 Å². The number of aromatic nitrogens is 3. The zero-order valence-corrected chi connectivity index (χ0v) is 19.9. The summed E-state index contributed by atoms with van der Waals surface area (Å²) < 4.78 is 10.8. The van der Waals surface area contributed by atoms with E-state index in [9.17, 15) is 9.59 Å². The van der Waals surface area contributed by atoms with Gasteiger partial charge in [-0.25, -0.2) is 4.79 Å². The minimum Gasteiger partial charge on any atom is -0.496 e. The monoisotopic (exact) mass is 489 g/mol. The molecule has 36 heavy (non-hydrogen) atoms. The first-order valence-corrected chi connectivity index (χ1v) is 11.8. The number of amides is 1. The maximum Gasteiger partial charge on any atom is 0.371 e. The minimum absolute atomic E-state index is 0.0415. The van der Waals surface area contributed by atoms with Crippen LogP contribution in [0, 0.1) is 5.92 Å². The topological polar surface area (TPSA) is 134 Å². The Kier molecular flexibility index (Phi) is 6.68. The van der Waals surface area contributed by atoms with E-state index in [0.29, 0.717) is 36.2 Å². The molecule has 1 aliphatic heterocycles. The number of hydrogen-bond acceptors (Lipinski definition) is 7. The Morgan fingerprint density at radius 2 is 2.06 bits per heavy atom. The van der Waals surface area contributed by atoms with Gasteiger partial charge in [0.1, 0.15) is 11.5 Å². The molecule has 1 fully saturated rings. The van der Waals surface area contributed by atoms with E-state index in [0.717, 1.165) is 48.0 Å². The van der Waals surface area contributed by atoms with Crippen LogP contribution in [0.3, 0.4) is 0 Å². The molecule has 1 saturated heterocycles. The molecule has 1 aliphatic rings. The summed E-state index contributed by atoms with van der Waals surface area (Å²) in [5.41, 5.74) is 2.88. The van der Waals surface area contributed by atoms with Gasteiger partial charge >= 0.3 is 5.97 Å². The molecule has 4 heterocycles. The number of fused-ring (bicyclic) bond motifs is 1. The second kappa shape index (κ2) is 10.2. The Morgan fingerprint density at radius 3 is 2.81 bits per heavy atom. The van der Waals surface area contributed by atoms with Gasteiger partial charge in [-0.1, -0.05) is 6.07 Å². The van der Waals surface area contributed by atoms with Crippen molar-refractivity contribution < 1.29 is 23.8 Å². The number of aromatic carboxylic acids is 1. The number of rotatable bonds is 8. The van der Waals surface area contributed by atoms with Gasteiger partial charge in [0.25, 0.3) is 5.91 Å². The van der Waals surface area contributed by atoms with E-state index in [-0.39, 0.29) is 11.7 Å². The van der Waals surface area contributed by atoms with Gasteiger partial charge in [-0.05, 0) is 67.7 Å². The number of methoxy groups -OCH3 is 1. The van der Waals surface area contributed by atoms with Gasteiger partial charge in [0.15, 0.2) is 5.69 Å². The van der Waals surface area contributed by atoms with E-state index in [2.05, 4.69) is 25.4 Å². The summed E-state index contributed by atoms with van der Waals surface area (Å²) in [4.78, 5) is 30.4. The third-order valence-electron chi connectivity index (χ3n) is 6.60. The summed E-state index contributed by atoms with van der Waals surface area (Å²) in [6.45, 7) is 2.85. The van der Waals surface area contributed by atoms with E-state index >= 15 is 0 Å². The molecule has 0 bridgehead atoms. The predicted octanol–water partition coefficient (Wildman–Crippen LogP) is 3.57. The van der Waals surface area contributed by atoms with Crippen LogP contribution in [-0.4, -0.2) is 63.8 Å². The zero-order valence-electron chi connectivity index (χ0n) is 19.9. The number of carboxylic acids is 1. The first kappa shape index (κ1) is 23.6. The Morgan fingerprint density at radius 1 is 1.22 bits per heavy atom. The van der Waals surface area contributed by atoms with Gasteiger partial charge in [0, 0.05) is 29.9 Å². The fraction of sp³-hybridized carbons (Fsp3) is 0.308. The van der Waals surface area contributed by atoms with E-state index in [1.807, 2.05) is 18.2 Å². The molecule has 10 heteroatoms. The van der Waals surface area contributed by atoms with Crippen molar-refractivity contribution in [2.24, 2.45) is 5.92 Å². The van der Waals surface area contributed by atoms with Crippen LogP contribution in [0.4, 0.5) is 0 Å². The normalized spacial score (nSPS) is 14.7. The average Bonchev–Trinajstić information content (AvgIpc) is 3.55. The Hall–Kier alpha value is -4.18. The third-order valence-corrected chi connectivity index (χ3v) is 6.60. The highest BCUT2D eigenvalue weighted by atomic mass is 16.5. The van der Waals surface area contributed by atoms with Crippen molar-refractivity contribution in [3.05, 3.63) is 66.0 Å². The Balaban J connectivity index is 1.19. The van der Waals surface area contributed by atoms with Crippen molar-refractivity contribution in [2.75, 3.05) is 26.7 Å². The average molecular weight is 490 g/mol. The molecule has 10 nitrogen and oxygen atoms in total. The molecule has 0 aliphatic carbocycles. The van der Waals surface area contributed by atoms with Crippen molar-refractivity contribution in [1.29, 1.82) is 0 Å². The number of carbonyl (C=O) groups excluding carboxylic acids is 1. The number of likely N-dealkylation sites (tertiary alicyclic amines) is 1. The molecule has 0 radical (unpaired) electrons. The van der Waals surface area contributed by atoms with Crippen LogP contribution in [0.2, 0.25) is 0 Å². The summed E-state index contributed by atoms with van der Waals surface area (Å²) in [5, 5.41) is 20.0. The number of aromatic amines is 1. The van der Waals surface area contributed by atoms with Crippen LogP contribution in [-0.2, 0) is 6.54 Å². The maximum atomic E-state index is 13.0. The standard InChI is InChI=1S/C26H27N5O5/c1-35-22-6-9-27-14-20(22)17-2-4-21-19(12-17)24(30-29-21)25(32)28-13-16-7-10-31(11-8-16)15-18-3-5-23(36-18)26(33)34/h2-6,9,12,14,16H,7-8,10-11,13,15H2,1H3,(H,28,32)(H,29,30)(H,33,34). The molecule has 3 aromatic heterocycles. The molecule has 0 spiro atoms. The lowest BCUT2D eigenvalue weighted by atomic mass is 9.96. The summed E-state index contributed by atoms with van der Waals surface area (Å²) in [5.74, 6) is 0.397. The summed E-state index contributed by atoms with van der Waals surface area (Å²) in [6, 6.07) is 10.8. The van der Waals surface area contributed by atoms with Crippen molar-refractivity contribution in [2.45, 2.75) is 19.4 Å². The quantitative estimate of drug-likeness (QED) is 0.342. The van der Waals surface area contributed by atoms with Gasteiger partial charge in [-0.15, -0.1) is 0 Å². The smallest absolute Gasteiger partial charge is 0.371 e. The molecule has 4 aromatic rings. The fourth-order valence-electron chi connectivity index (χ4n) is 4.60.